The Labute approximate surface area is 197 Å². The van der Waals surface area contributed by atoms with Crippen molar-refractivity contribution in [1.82, 2.24) is 24.6 Å². The van der Waals surface area contributed by atoms with Gasteiger partial charge in [-0.3, -0.25) is 9.36 Å². The topological polar surface area (TPSA) is 76.0 Å². The molecule has 0 unspecified atom stereocenters. The maximum Gasteiger partial charge on any atom is 0.233 e. The van der Waals surface area contributed by atoms with Crippen LogP contribution in [0, 0.1) is 0 Å². The molecule has 1 fully saturated rings. The number of amides is 1. The Morgan fingerprint density at radius 3 is 2.70 bits per heavy atom. The molecule has 1 amide bonds. The fourth-order valence-corrected chi connectivity index (χ4v) is 5.17. The Hall–Kier alpha value is -3.26. The zero-order valence-electron chi connectivity index (χ0n) is 18.7. The van der Waals surface area contributed by atoms with Crippen molar-refractivity contribution < 1.29 is 9.53 Å². The summed E-state index contributed by atoms with van der Waals surface area (Å²) in [6, 6.07) is 16.0. The monoisotopic (exact) mass is 461 g/mol. The Balaban J connectivity index is 1.50. The van der Waals surface area contributed by atoms with Gasteiger partial charge in [0.25, 0.3) is 0 Å². The molecule has 1 N–H and O–H groups in total. The molecule has 3 heterocycles. The number of fused-ring (bicyclic) bond motifs is 1. The summed E-state index contributed by atoms with van der Waals surface area (Å²) in [5.41, 5.74) is 2.90. The van der Waals surface area contributed by atoms with Crippen LogP contribution >= 0.6 is 11.8 Å². The Morgan fingerprint density at radius 1 is 1.06 bits per heavy atom. The van der Waals surface area contributed by atoms with Gasteiger partial charge in [0.05, 0.1) is 18.6 Å². The van der Waals surface area contributed by atoms with Gasteiger partial charge in [0.15, 0.2) is 11.0 Å². The van der Waals surface area contributed by atoms with Crippen molar-refractivity contribution in [3.63, 3.8) is 0 Å². The van der Waals surface area contributed by atoms with Gasteiger partial charge in [0.2, 0.25) is 5.91 Å². The number of likely N-dealkylation sites (tertiary alicyclic amines) is 1. The number of H-pyrrole nitrogens is 1. The molecule has 170 valence electrons. The predicted octanol–water partition coefficient (Wildman–Crippen LogP) is 4.92. The van der Waals surface area contributed by atoms with Gasteiger partial charge in [0.1, 0.15) is 5.75 Å². The number of hydrogen-bond acceptors (Lipinski definition) is 5. The van der Waals surface area contributed by atoms with Gasteiger partial charge in [-0.25, -0.2) is 0 Å². The number of nitrogens with zero attached hydrogens (tertiary/aromatic N) is 4. The largest absolute Gasteiger partial charge is 0.497 e. The van der Waals surface area contributed by atoms with Crippen LogP contribution in [0.4, 0.5) is 0 Å². The van der Waals surface area contributed by atoms with Crippen LogP contribution in [0.15, 0.2) is 59.9 Å². The van der Waals surface area contributed by atoms with E-state index < -0.39 is 0 Å². The molecule has 0 aliphatic carbocycles. The first-order chi connectivity index (χ1) is 16.2. The van der Waals surface area contributed by atoms with Crippen LogP contribution in [0.25, 0.3) is 28.0 Å². The van der Waals surface area contributed by atoms with Crippen molar-refractivity contribution in [3.8, 4) is 22.8 Å². The van der Waals surface area contributed by atoms with Gasteiger partial charge < -0.3 is 14.6 Å². The minimum Gasteiger partial charge on any atom is -0.497 e. The first kappa shape index (κ1) is 21.6. The van der Waals surface area contributed by atoms with Gasteiger partial charge in [-0.2, -0.15) is 0 Å². The van der Waals surface area contributed by atoms with Crippen LogP contribution in [-0.4, -0.2) is 56.5 Å². The zero-order chi connectivity index (χ0) is 22.6. The fraction of sp³-hybridized carbons (Fsp3) is 0.320. The van der Waals surface area contributed by atoms with Gasteiger partial charge in [-0.15, -0.1) is 10.2 Å². The average molecular weight is 462 g/mol. The minimum atomic E-state index is 0.163. The minimum absolute atomic E-state index is 0.163. The molecule has 2 aromatic carbocycles. The molecule has 5 rings (SSSR count). The standard InChI is InChI=1S/C25H27N5O2S/c1-32-19-10-8-9-18(15-19)30-24(21-16-26-22-12-5-4-11-20(21)22)27-28-25(30)33-17-23(31)29-13-6-2-3-7-14-29/h4-5,8-12,15-16,26H,2-3,6-7,13-14,17H2,1H3. The highest BCUT2D eigenvalue weighted by Crippen LogP contribution is 2.33. The number of methoxy groups -OCH3 is 1. The summed E-state index contributed by atoms with van der Waals surface area (Å²) in [6.07, 6.45) is 6.54. The maximum absolute atomic E-state index is 12.9. The van der Waals surface area contributed by atoms with Gasteiger partial charge >= 0.3 is 0 Å². The van der Waals surface area contributed by atoms with Crippen molar-refractivity contribution in [2.45, 2.75) is 30.8 Å². The molecule has 4 aromatic rings. The maximum atomic E-state index is 12.9. The lowest BCUT2D eigenvalue weighted by Gasteiger charge is -2.20. The van der Waals surface area contributed by atoms with Gasteiger partial charge in [-0.05, 0) is 31.0 Å². The third-order valence-electron chi connectivity index (χ3n) is 6.06. The van der Waals surface area contributed by atoms with Crippen LogP contribution in [0.1, 0.15) is 25.7 Å². The number of aromatic nitrogens is 4. The summed E-state index contributed by atoms with van der Waals surface area (Å²) in [5.74, 6) is 1.99. The van der Waals surface area contributed by atoms with E-state index in [1.165, 1.54) is 24.6 Å². The molecular formula is C25H27N5O2S. The van der Waals surface area contributed by atoms with Crippen LogP contribution < -0.4 is 4.74 Å². The summed E-state index contributed by atoms with van der Waals surface area (Å²) in [5, 5.41) is 10.8. The van der Waals surface area contributed by atoms with Crippen LogP contribution in [0.5, 0.6) is 5.75 Å². The average Bonchev–Trinajstić information content (AvgIpc) is 3.36. The van der Waals surface area contributed by atoms with E-state index in [0.717, 1.165) is 59.7 Å². The molecule has 0 spiro atoms. The molecule has 0 atom stereocenters. The number of nitrogens with one attached hydrogen (secondary N) is 1. The van der Waals surface area contributed by atoms with Gasteiger partial charge in [-0.1, -0.05) is 48.9 Å². The lowest BCUT2D eigenvalue weighted by molar-refractivity contribution is -0.128. The third kappa shape index (κ3) is 4.48. The third-order valence-corrected chi connectivity index (χ3v) is 6.97. The Bertz CT molecular complexity index is 1260. The molecule has 1 aliphatic rings. The van der Waals surface area contributed by atoms with E-state index >= 15 is 0 Å². The number of aromatic amines is 1. The number of ether oxygens (including phenoxy) is 1. The summed E-state index contributed by atoms with van der Waals surface area (Å²) in [4.78, 5) is 18.2. The molecule has 2 aromatic heterocycles. The summed E-state index contributed by atoms with van der Waals surface area (Å²) in [7, 11) is 1.65. The lowest BCUT2D eigenvalue weighted by Crippen LogP contribution is -2.33. The highest BCUT2D eigenvalue weighted by molar-refractivity contribution is 7.99. The van der Waals surface area contributed by atoms with E-state index in [-0.39, 0.29) is 5.91 Å². The van der Waals surface area contributed by atoms with Crippen molar-refractivity contribution >= 4 is 28.6 Å². The van der Waals surface area contributed by atoms with E-state index in [0.29, 0.717) is 10.9 Å². The molecule has 0 saturated carbocycles. The summed E-state index contributed by atoms with van der Waals surface area (Å²) >= 11 is 1.43. The molecule has 7 nitrogen and oxygen atoms in total. The second kappa shape index (κ2) is 9.70. The zero-order valence-corrected chi connectivity index (χ0v) is 19.5. The predicted molar refractivity (Wildman–Crippen MR) is 131 cm³/mol. The molecule has 1 saturated heterocycles. The van der Waals surface area contributed by atoms with E-state index in [9.17, 15) is 4.79 Å². The second-order valence-electron chi connectivity index (χ2n) is 8.17. The highest BCUT2D eigenvalue weighted by Gasteiger charge is 2.22. The van der Waals surface area contributed by atoms with Crippen LogP contribution in [-0.2, 0) is 4.79 Å². The Morgan fingerprint density at radius 2 is 1.88 bits per heavy atom. The summed E-state index contributed by atoms with van der Waals surface area (Å²) in [6.45, 7) is 1.70. The molecule has 1 aliphatic heterocycles. The van der Waals surface area contributed by atoms with E-state index in [4.69, 9.17) is 4.74 Å². The summed E-state index contributed by atoms with van der Waals surface area (Å²) < 4.78 is 7.47. The molecule has 0 bridgehead atoms. The van der Waals surface area contributed by atoms with Gasteiger partial charge in [0, 0.05) is 41.8 Å². The smallest absolute Gasteiger partial charge is 0.233 e. The second-order valence-corrected chi connectivity index (χ2v) is 9.12. The number of hydrogen-bond donors (Lipinski definition) is 1. The molecule has 8 heteroatoms. The van der Waals surface area contributed by atoms with E-state index in [1.54, 1.807) is 7.11 Å². The molecular weight excluding hydrogens is 434 g/mol. The Kier molecular flexibility index (Phi) is 6.35. The SMILES string of the molecule is COc1cccc(-n2c(SCC(=O)N3CCCCCC3)nnc2-c2c[nH]c3ccccc23)c1. The number of carbonyl (C=O) groups excluding carboxylic acids is 1. The number of rotatable bonds is 6. The van der Waals surface area contributed by atoms with Crippen molar-refractivity contribution in [3.05, 3.63) is 54.7 Å². The first-order valence-electron chi connectivity index (χ1n) is 11.3. The lowest BCUT2D eigenvalue weighted by atomic mass is 10.1. The molecule has 0 radical (unpaired) electrons. The quantitative estimate of drug-likeness (QED) is 0.413. The van der Waals surface area contributed by atoms with Crippen LogP contribution in [0.3, 0.4) is 0 Å². The fourth-order valence-electron chi connectivity index (χ4n) is 4.31. The highest BCUT2D eigenvalue weighted by atomic mass is 32.2. The van der Waals surface area contributed by atoms with E-state index in [1.807, 2.05) is 58.1 Å². The molecule has 33 heavy (non-hydrogen) atoms. The number of para-hydroxylation sites is 1. The van der Waals surface area contributed by atoms with Crippen molar-refractivity contribution in [2.75, 3.05) is 26.0 Å². The van der Waals surface area contributed by atoms with Crippen LogP contribution in [0.2, 0.25) is 0 Å². The van der Waals surface area contributed by atoms with Crippen molar-refractivity contribution in [1.29, 1.82) is 0 Å². The number of benzene rings is 2. The number of thioether (sulfide) groups is 1. The van der Waals surface area contributed by atoms with Crippen molar-refractivity contribution in [2.24, 2.45) is 0 Å². The normalized spacial score (nSPS) is 14.4. The van der Waals surface area contributed by atoms with E-state index in [2.05, 4.69) is 21.2 Å². The number of carbonyl (C=O) groups is 1. The first-order valence-corrected chi connectivity index (χ1v) is 12.3.